The van der Waals surface area contributed by atoms with Gasteiger partial charge in [-0.2, -0.15) is 0 Å². The zero-order valence-electron chi connectivity index (χ0n) is 23.7. The third-order valence-electron chi connectivity index (χ3n) is 7.36. The van der Waals surface area contributed by atoms with E-state index < -0.39 is 15.9 Å². The van der Waals surface area contributed by atoms with E-state index in [4.69, 9.17) is 14.2 Å². The van der Waals surface area contributed by atoms with Crippen LogP contribution in [0.5, 0.6) is 17.2 Å². The summed E-state index contributed by atoms with van der Waals surface area (Å²) in [6, 6.07) is 25.6. The van der Waals surface area contributed by atoms with Crippen LogP contribution in [-0.2, 0) is 21.4 Å². The van der Waals surface area contributed by atoms with E-state index >= 15 is 0 Å². The number of piperazine rings is 1. The van der Waals surface area contributed by atoms with Gasteiger partial charge in [0.2, 0.25) is 16.8 Å². The predicted octanol–water partition coefficient (Wildman–Crippen LogP) is 4.38. The van der Waals surface area contributed by atoms with Crippen LogP contribution < -0.4 is 34.0 Å². The number of hydrogen-bond donors (Lipinski definition) is 2. The number of sulfonamides is 1. The maximum atomic E-state index is 14.4. The van der Waals surface area contributed by atoms with Crippen molar-refractivity contribution in [1.29, 1.82) is 0 Å². The molecule has 12 heteroatoms. The number of amides is 1. The molecule has 4 aromatic rings. The van der Waals surface area contributed by atoms with Crippen molar-refractivity contribution in [3.8, 4) is 17.2 Å². The van der Waals surface area contributed by atoms with Crippen LogP contribution in [0.2, 0.25) is 0 Å². The summed E-state index contributed by atoms with van der Waals surface area (Å²) in [4.78, 5) is 16.6. The Hall–Kier alpha value is -4.81. The molecular weight excluding hydrogens is 587 g/mol. The van der Waals surface area contributed by atoms with E-state index in [1.165, 1.54) is 12.1 Å². The first kappa shape index (κ1) is 29.3. The van der Waals surface area contributed by atoms with Crippen LogP contribution in [0.4, 0.5) is 21.5 Å². The van der Waals surface area contributed by atoms with Crippen LogP contribution in [0.25, 0.3) is 0 Å². The van der Waals surface area contributed by atoms with Gasteiger partial charge in [-0.1, -0.05) is 36.4 Å². The van der Waals surface area contributed by atoms with E-state index in [-0.39, 0.29) is 30.7 Å². The van der Waals surface area contributed by atoms with Crippen LogP contribution in [-0.4, -0.2) is 53.9 Å². The lowest BCUT2D eigenvalue weighted by molar-refractivity contribution is -0.118. The Balaban J connectivity index is 1.21. The molecule has 0 aromatic heterocycles. The first-order valence-corrected chi connectivity index (χ1v) is 15.6. The quantitative estimate of drug-likeness (QED) is 0.270. The SMILES string of the molecule is O=C(COc1ccccc1)Nc1ccc(N2CCN(c3ccccc3F)CC2)c(S(=O)(=O)NCc2ccc3c(c2)OCO3)c1. The standard InChI is InChI=1S/C32H31FN4O6S/c33-26-8-4-5-9-27(26)36-14-16-37(17-15-36)28-12-11-24(35-32(38)21-41-25-6-2-1-3-7-25)19-31(28)44(39,40)34-20-23-10-13-29-30(18-23)43-22-42-29/h1-13,18-19,34H,14-17,20-22H2,(H,35,38). The van der Waals surface area contributed by atoms with Crippen molar-refractivity contribution in [2.24, 2.45) is 0 Å². The fourth-order valence-corrected chi connectivity index (χ4v) is 6.40. The summed E-state index contributed by atoms with van der Waals surface area (Å²) in [6.45, 7) is 1.83. The Labute approximate surface area is 255 Å². The average Bonchev–Trinajstić information content (AvgIpc) is 3.52. The zero-order valence-corrected chi connectivity index (χ0v) is 24.6. The molecule has 0 aliphatic carbocycles. The van der Waals surface area contributed by atoms with Gasteiger partial charge in [0.05, 0.1) is 11.4 Å². The fourth-order valence-electron chi connectivity index (χ4n) is 5.13. The highest BCUT2D eigenvalue weighted by atomic mass is 32.2. The van der Waals surface area contributed by atoms with Gasteiger partial charge < -0.3 is 29.3 Å². The van der Waals surface area contributed by atoms with Crippen molar-refractivity contribution in [2.45, 2.75) is 11.4 Å². The van der Waals surface area contributed by atoms with Crippen LogP contribution in [0, 0.1) is 5.82 Å². The van der Waals surface area contributed by atoms with Crippen LogP contribution in [0.1, 0.15) is 5.56 Å². The number of anilines is 3. The minimum Gasteiger partial charge on any atom is -0.484 e. The van der Waals surface area contributed by atoms with Gasteiger partial charge in [0, 0.05) is 38.4 Å². The molecule has 228 valence electrons. The molecule has 2 aliphatic rings. The summed E-state index contributed by atoms with van der Waals surface area (Å²) in [5, 5.41) is 2.74. The Morgan fingerprint density at radius 2 is 1.52 bits per heavy atom. The number of rotatable bonds is 10. The third kappa shape index (κ3) is 6.71. The van der Waals surface area contributed by atoms with Crippen LogP contribution in [0.15, 0.2) is 95.9 Å². The van der Waals surface area contributed by atoms with Crippen LogP contribution >= 0.6 is 0 Å². The van der Waals surface area contributed by atoms with Crippen molar-refractivity contribution in [2.75, 3.05) is 54.7 Å². The van der Waals surface area contributed by atoms with Crippen molar-refractivity contribution in [3.05, 3.63) is 102 Å². The number of carbonyl (C=O) groups excluding carboxylic acids is 1. The molecule has 2 aliphatic heterocycles. The topological polar surface area (TPSA) is 109 Å². The molecule has 6 rings (SSSR count). The first-order valence-electron chi connectivity index (χ1n) is 14.1. The van der Waals surface area contributed by atoms with Crippen molar-refractivity contribution < 1.29 is 31.8 Å². The summed E-state index contributed by atoms with van der Waals surface area (Å²) in [6.07, 6.45) is 0. The van der Waals surface area contributed by atoms with E-state index in [1.54, 1.807) is 72.8 Å². The van der Waals surface area contributed by atoms with E-state index in [0.29, 0.717) is 66.1 Å². The normalized spacial score (nSPS) is 14.4. The summed E-state index contributed by atoms with van der Waals surface area (Å²) in [7, 11) is -4.06. The second-order valence-corrected chi connectivity index (χ2v) is 12.0. The second-order valence-electron chi connectivity index (χ2n) is 10.3. The molecule has 1 amide bonds. The fraction of sp³-hybridized carbons (Fsp3) is 0.219. The molecule has 0 spiro atoms. The van der Waals surface area contributed by atoms with Gasteiger partial charge >= 0.3 is 0 Å². The number of hydrogen-bond acceptors (Lipinski definition) is 8. The van der Waals surface area contributed by atoms with Gasteiger partial charge in [0.25, 0.3) is 5.91 Å². The lowest BCUT2D eigenvalue weighted by atomic mass is 10.2. The molecule has 0 unspecified atom stereocenters. The Morgan fingerprint density at radius 1 is 0.818 bits per heavy atom. The Kier molecular flexibility index (Phi) is 8.53. The Bertz CT molecular complexity index is 1750. The molecule has 0 saturated carbocycles. The highest BCUT2D eigenvalue weighted by molar-refractivity contribution is 7.89. The number of nitrogens with one attached hydrogen (secondary N) is 2. The highest BCUT2D eigenvalue weighted by Crippen LogP contribution is 2.34. The second kappa shape index (κ2) is 12.8. The van der Waals surface area contributed by atoms with Gasteiger partial charge in [-0.15, -0.1) is 0 Å². The molecule has 2 heterocycles. The summed E-state index contributed by atoms with van der Waals surface area (Å²) < 4.78 is 61.0. The predicted molar refractivity (Wildman–Crippen MR) is 164 cm³/mol. The summed E-state index contributed by atoms with van der Waals surface area (Å²) in [5.41, 5.74) is 2.00. The molecule has 2 N–H and O–H groups in total. The van der Waals surface area contributed by atoms with Crippen molar-refractivity contribution in [3.63, 3.8) is 0 Å². The minimum atomic E-state index is -4.06. The Morgan fingerprint density at radius 3 is 2.30 bits per heavy atom. The molecule has 1 fully saturated rings. The monoisotopic (exact) mass is 618 g/mol. The molecule has 10 nitrogen and oxygen atoms in total. The molecule has 0 atom stereocenters. The maximum absolute atomic E-state index is 14.4. The van der Waals surface area contributed by atoms with Gasteiger partial charge in [0.15, 0.2) is 18.1 Å². The molecule has 0 bridgehead atoms. The van der Waals surface area contributed by atoms with Gasteiger partial charge in [-0.05, 0) is 60.2 Å². The van der Waals surface area contributed by atoms with Crippen molar-refractivity contribution in [1.82, 2.24) is 4.72 Å². The summed E-state index contributed by atoms with van der Waals surface area (Å²) in [5.74, 6) is 0.971. The third-order valence-corrected chi connectivity index (χ3v) is 8.79. The molecule has 1 saturated heterocycles. The number of fused-ring (bicyclic) bond motifs is 1. The lowest BCUT2D eigenvalue weighted by Crippen LogP contribution is -2.47. The van der Waals surface area contributed by atoms with Gasteiger partial charge in [-0.3, -0.25) is 4.79 Å². The van der Waals surface area contributed by atoms with Crippen LogP contribution in [0.3, 0.4) is 0 Å². The molecular formula is C32H31FN4O6S. The number of carbonyl (C=O) groups is 1. The number of halogens is 1. The van der Waals surface area contributed by atoms with E-state index in [9.17, 15) is 17.6 Å². The molecule has 44 heavy (non-hydrogen) atoms. The largest absolute Gasteiger partial charge is 0.484 e. The zero-order chi connectivity index (χ0) is 30.5. The van der Waals surface area contributed by atoms with E-state index in [0.717, 1.165) is 0 Å². The average molecular weight is 619 g/mol. The minimum absolute atomic E-state index is 0.0133. The number of ether oxygens (including phenoxy) is 3. The van der Waals surface area contributed by atoms with Gasteiger partial charge in [-0.25, -0.2) is 17.5 Å². The smallest absolute Gasteiger partial charge is 0.262 e. The maximum Gasteiger partial charge on any atom is 0.262 e. The van der Waals surface area contributed by atoms with Gasteiger partial charge in [0.1, 0.15) is 16.5 Å². The number of nitrogens with zero attached hydrogens (tertiary/aromatic N) is 2. The molecule has 4 aromatic carbocycles. The lowest BCUT2D eigenvalue weighted by Gasteiger charge is -2.38. The van der Waals surface area contributed by atoms with E-state index in [1.807, 2.05) is 15.9 Å². The first-order chi connectivity index (χ1) is 21.4. The number of benzene rings is 4. The summed E-state index contributed by atoms with van der Waals surface area (Å²) >= 11 is 0. The highest BCUT2D eigenvalue weighted by Gasteiger charge is 2.27. The van der Waals surface area contributed by atoms with E-state index in [2.05, 4.69) is 10.0 Å². The molecule has 0 radical (unpaired) electrons. The van der Waals surface area contributed by atoms with Crippen molar-refractivity contribution >= 4 is 33.0 Å². The number of para-hydroxylation sites is 2.